The van der Waals surface area contributed by atoms with Gasteiger partial charge in [0.2, 0.25) is 15.9 Å². The Bertz CT molecular complexity index is 1070. The molecule has 5 rings (SSSR count). The Morgan fingerprint density at radius 2 is 1.78 bits per heavy atom. The van der Waals surface area contributed by atoms with E-state index >= 15 is 0 Å². The summed E-state index contributed by atoms with van der Waals surface area (Å²) in [5.41, 5.74) is 1.08. The molecule has 7 nitrogen and oxygen atoms in total. The molecule has 0 N–H and O–H groups in total. The number of rotatable bonds is 8. The second kappa shape index (κ2) is 10.7. The van der Waals surface area contributed by atoms with Crippen molar-refractivity contribution in [3.63, 3.8) is 0 Å². The molecule has 1 atom stereocenters. The van der Waals surface area contributed by atoms with E-state index in [4.69, 9.17) is 23.2 Å². The highest BCUT2D eigenvalue weighted by molar-refractivity contribution is 7.88. The van der Waals surface area contributed by atoms with Crippen molar-refractivity contribution in [2.24, 2.45) is 5.92 Å². The molecule has 0 aromatic heterocycles. The Hall–Kier alpha value is -0.900. The van der Waals surface area contributed by atoms with Crippen LogP contribution in [-0.2, 0) is 20.2 Å². The predicted molar refractivity (Wildman–Crippen MR) is 144 cm³/mol. The molecule has 1 aromatic rings. The highest BCUT2D eigenvalue weighted by Gasteiger charge is 2.41. The van der Waals surface area contributed by atoms with Gasteiger partial charge < -0.3 is 9.80 Å². The number of amides is 1. The normalized spacial score (nSPS) is 27.2. The van der Waals surface area contributed by atoms with Gasteiger partial charge in [-0.2, -0.15) is 4.31 Å². The standard InChI is InChI=1S/C26H38Cl2N4O3S/c1-36(34,35)32-13-11-30(12-14-32)22-17-29(18-22)10-8-26(21-5-6-23(27)24(28)16-21)7-2-9-31(19-26)25(33)15-20-3-4-20/h5-6,16,20,22H,2-4,7-15,17-19H2,1H3/t26-/m1/s1. The van der Waals surface area contributed by atoms with Gasteiger partial charge in [0.15, 0.2) is 0 Å². The van der Waals surface area contributed by atoms with Crippen LogP contribution in [0, 0.1) is 5.92 Å². The largest absolute Gasteiger partial charge is 0.342 e. The Balaban J connectivity index is 1.21. The molecule has 36 heavy (non-hydrogen) atoms. The third kappa shape index (κ3) is 6.05. The van der Waals surface area contributed by atoms with Crippen molar-refractivity contribution in [2.45, 2.75) is 50.0 Å². The molecule has 0 spiro atoms. The van der Waals surface area contributed by atoms with Crippen LogP contribution in [0.3, 0.4) is 0 Å². The summed E-state index contributed by atoms with van der Waals surface area (Å²) in [7, 11) is -3.10. The van der Waals surface area contributed by atoms with Crippen LogP contribution in [0.25, 0.3) is 0 Å². The number of sulfonamides is 1. The molecular formula is C26H38Cl2N4O3S. The van der Waals surface area contributed by atoms with E-state index in [1.807, 2.05) is 12.1 Å². The zero-order valence-electron chi connectivity index (χ0n) is 21.2. The number of piperazine rings is 1. The second-order valence-corrected chi connectivity index (χ2v) is 14.1. The molecule has 3 heterocycles. The highest BCUT2D eigenvalue weighted by Crippen LogP contribution is 2.41. The number of piperidine rings is 1. The third-order valence-corrected chi connectivity index (χ3v) is 10.8. The van der Waals surface area contributed by atoms with Crippen LogP contribution in [0.5, 0.6) is 0 Å². The Kier molecular flexibility index (Phi) is 7.93. The first-order valence-corrected chi connectivity index (χ1v) is 15.9. The SMILES string of the molecule is CS(=O)(=O)N1CCN(C2CN(CC[C@]3(c4ccc(Cl)c(Cl)c4)CCCN(C(=O)CC4CC4)C3)C2)CC1. The lowest BCUT2D eigenvalue weighted by molar-refractivity contribution is -0.134. The summed E-state index contributed by atoms with van der Waals surface area (Å²) in [5, 5.41) is 1.14. The number of halogens is 2. The molecule has 1 aliphatic carbocycles. The Morgan fingerprint density at radius 1 is 1.06 bits per heavy atom. The molecule has 0 unspecified atom stereocenters. The first-order valence-electron chi connectivity index (χ1n) is 13.3. The molecular weight excluding hydrogens is 519 g/mol. The van der Waals surface area contributed by atoms with Gasteiger partial charge in [0.1, 0.15) is 0 Å². The molecule has 4 fully saturated rings. The van der Waals surface area contributed by atoms with Crippen molar-refractivity contribution in [2.75, 3.05) is 65.2 Å². The van der Waals surface area contributed by atoms with Crippen molar-refractivity contribution in [1.29, 1.82) is 0 Å². The summed E-state index contributed by atoms with van der Waals surface area (Å²) in [6.45, 7) is 7.38. The van der Waals surface area contributed by atoms with Crippen LogP contribution in [0.15, 0.2) is 18.2 Å². The number of nitrogens with zero attached hydrogens (tertiary/aromatic N) is 4. The zero-order chi connectivity index (χ0) is 25.5. The number of benzene rings is 1. The van der Waals surface area contributed by atoms with Gasteiger partial charge in [0, 0.05) is 70.2 Å². The van der Waals surface area contributed by atoms with Crippen LogP contribution in [0.2, 0.25) is 10.0 Å². The maximum absolute atomic E-state index is 13.0. The highest BCUT2D eigenvalue weighted by atomic mass is 35.5. The maximum atomic E-state index is 13.0. The summed E-state index contributed by atoms with van der Waals surface area (Å²) in [4.78, 5) is 20.1. The Morgan fingerprint density at radius 3 is 2.42 bits per heavy atom. The molecule has 4 aliphatic rings. The first-order chi connectivity index (χ1) is 17.1. The van der Waals surface area contributed by atoms with Gasteiger partial charge >= 0.3 is 0 Å². The van der Waals surface area contributed by atoms with Gasteiger partial charge in [-0.3, -0.25) is 9.69 Å². The minimum Gasteiger partial charge on any atom is -0.342 e. The zero-order valence-corrected chi connectivity index (χ0v) is 23.5. The minimum absolute atomic E-state index is 0.113. The van der Waals surface area contributed by atoms with Crippen molar-refractivity contribution in [3.8, 4) is 0 Å². The monoisotopic (exact) mass is 556 g/mol. The van der Waals surface area contributed by atoms with E-state index in [1.54, 1.807) is 4.31 Å². The topological polar surface area (TPSA) is 64.2 Å². The molecule has 3 saturated heterocycles. The van der Waals surface area contributed by atoms with Crippen LogP contribution < -0.4 is 0 Å². The summed E-state index contributed by atoms with van der Waals surface area (Å²) in [6.07, 6.45) is 7.40. The van der Waals surface area contributed by atoms with Crippen LogP contribution in [0.4, 0.5) is 0 Å². The maximum Gasteiger partial charge on any atom is 0.222 e. The molecule has 1 saturated carbocycles. The van der Waals surface area contributed by atoms with E-state index in [1.165, 1.54) is 24.7 Å². The second-order valence-electron chi connectivity index (χ2n) is 11.3. The average molecular weight is 558 g/mol. The van der Waals surface area contributed by atoms with Gasteiger partial charge in [-0.1, -0.05) is 29.3 Å². The minimum atomic E-state index is -3.10. The third-order valence-electron chi connectivity index (χ3n) is 8.72. The van der Waals surface area contributed by atoms with E-state index in [9.17, 15) is 13.2 Å². The molecule has 1 amide bonds. The van der Waals surface area contributed by atoms with E-state index in [-0.39, 0.29) is 5.41 Å². The number of likely N-dealkylation sites (tertiary alicyclic amines) is 2. The molecule has 0 radical (unpaired) electrons. The first kappa shape index (κ1) is 26.7. The number of hydrogen-bond acceptors (Lipinski definition) is 5. The fourth-order valence-corrected chi connectivity index (χ4v) is 7.31. The molecule has 200 valence electrons. The van der Waals surface area contributed by atoms with E-state index in [0.717, 1.165) is 65.1 Å². The van der Waals surface area contributed by atoms with Crippen molar-refractivity contribution in [3.05, 3.63) is 33.8 Å². The van der Waals surface area contributed by atoms with Crippen LogP contribution in [0.1, 0.15) is 44.1 Å². The van der Waals surface area contributed by atoms with Gasteiger partial charge in [0.25, 0.3) is 0 Å². The van der Waals surface area contributed by atoms with Crippen LogP contribution >= 0.6 is 23.2 Å². The predicted octanol–water partition coefficient (Wildman–Crippen LogP) is 3.31. The average Bonchev–Trinajstić information content (AvgIpc) is 3.63. The quantitative estimate of drug-likeness (QED) is 0.491. The lowest BCUT2D eigenvalue weighted by Gasteiger charge is -2.50. The van der Waals surface area contributed by atoms with E-state index in [2.05, 4.69) is 20.8 Å². The van der Waals surface area contributed by atoms with Gasteiger partial charge in [-0.05, 0) is 62.3 Å². The molecule has 10 heteroatoms. The fraction of sp³-hybridized carbons (Fsp3) is 0.731. The number of carbonyl (C=O) groups excluding carboxylic acids is 1. The number of hydrogen-bond donors (Lipinski definition) is 0. The summed E-state index contributed by atoms with van der Waals surface area (Å²) in [6, 6.07) is 6.50. The summed E-state index contributed by atoms with van der Waals surface area (Å²) < 4.78 is 25.2. The fourth-order valence-electron chi connectivity index (χ4n) is 6.18. The summed E-state index contributed by atoms with van der Waals surface area (Å²) >= 11 is 12.7. The van der Waals surface area contributed by atoms with Crippen molar-refractivity contribution < 1.29 is 13.2 Å². The van der Waals surface area contributed by atoms with Gasteiger partial charge in [-0.15, -0.1) is 0 Å². The van der Waals surface area contributed by atoms with Crippen LogP contribution in [-0.4, -0.2) is 105 Å². The smallest absolute Gasteiger partial charge is 0.222 e. The van der Waals surface area contributed by atoms with E-state index in [0.29, 0.717) is 47.4 Å². The Labute approximate surface area is 225 Å². The van der Waals surface area contributed by atoms with E-state index < -0.39 is 10.0 Å². The number of carbonyl (C=O) groups is 1. The lowest BCUT2D eigenvalue weighted by Crippen LogP contribution is -2.63. The van der Waals surface area contributed by atoms with Crippen molar-refractivity contribution >= 4 is 39.1 Å². The molecule has 1 aromatic carbocycles. The molecule has 0 bridgehead atoms. The van der Waals surface area contributed by atoms with Gasteiger partial charge in [0.05, 0.1) is 16.3 Å². The summed E-state index contributed by atoms with van der Waals surface area (Å²) in [5.74, 6) is 0.898. The lowest BCUT2D eigenvalue weighted by atomic mass is 9.71. The van der Waals surface area contributed by atoms with Crippen molar-refractivity contribution in [1.82, 2.24) is 19.0 Å². The van der Waals surface area contributed by atoms with Gasteiger partial charge in [-0.25, -0.2) is 8.42 Å². The molecule has 3 aliphatic heterocycles.